The molecular formula is C7H10ClN3O2S2. The lowest BCUT2D eigenvalue weighted by molar-refractivity contribution is 0.559. The lowest BCUT2D eigenvalue weighted by atomic mass is 10.1. The fraction of sp³-hybridized carbons (Fsp3) is 0.714. The Labute approximate surface area is 97.1 Å². The minimum atomic E-state index is -2.81. The Bertz CT molecular complexity index is 431. The quantitative estimate of drug-likeness (QED) is 0.871. The van der Waals surface area contributed by atoms with Crippen molar-refractivity contribution < 1.29 is 8.42 Å². The predicted molar refractivity (Wildman–Crippen MR) is 60.2 cm³/mol. The van der Waals surface area contributed by atoms with Gasteiger partial charge >= 0.3 is 0 Å². The van der Waals surface area contributed by atoms with Crippen LogP contribution in [-0.2, 0) is 9.84 Å². The molecule has 0 bridgehead atoms. The summed E-state index contributed by atoms with van der Waals surface area (Å²) >= 11 is 6.81. The van der Waals surface area contributed by atoms with E-state index in [0.717, 1.165) is 11.7 Å². The summed E-state index contributed by atoms with van der Waals surface area (Å²) in [4.78, 5) is 0. The Morgan fingerprint density at radius 2 is 2.00 bits per heavy atom. The number of rotatable bonds is 2. The summed E-state index contributed by atoms with van der Waals surface area (Å²) in [5.74, 6) is 1.03. The molecule has 0 amide bonds. The maximum absolute atomic E-state index is 11.2. The van der Waals surface area contributed by atoms with Gasteiger partial charge in [0.15, 0.2) is 11.0 Å². The minimum Gasteiger partial charge on any atom is -0.364 e. The number of sulfone groups is 1. The van der Waals surface area contributed by atoms with Gasteiger partial charge in [0.05, 0.1) is 23.2 Å². The molecular weight excluding hydrogens is 258 g/mol. The summed E-state index contributed by atoms with van der Waals surface area (Å²) in [5.41, 5.74) is 0. The fourth-order valence-corrected chi connectivity index (χ4v) is 3.64. The maximum Gasteiger partial charge on any atom is 0.186 e. The SMILES string of the molecule is O=S1(=O)CCC(Nc2nsnc2Cl)CC1. The molecule has 1 aromatic heterocycles. The first kappa shape index (κ1) is 11.1. The van der Waals surface area contributed by atoms with Gasteiger partial charge in [0.25, 0.3) is 0 Å². The van der Waals surface area contributed by atoms with E-state index in [9.17, 15) is 8.42 Å². The summed E-state index contributed by atoms with van der Waals surface area (Å²) in [5, 5.41) is 3.46. The second-order valence-corrected chi connectivity index (χ2v) is 6.66. The summed E-state index contributed by atoms with van der Waals surface area (Å²) in [6.07, 6.45) is 1.21. The number of anilines is 1. The zero-order chi connectivity index (χ0) is 10.9. The van der Waals surface area contributed by atoms with Crippen molar-refractivity contribution in [3.8, 4) is 0 Å². The summed E-state index contributed by atoms with van der Waals surface area (Å²) < 4.78 is 30.2. The average molecular weight is 268 g/mol. The number of nitrogens with zero attached hydrogens (tertiary/aromatic N) is 2. The highest BCUT2D eigenvalue weighted by atomic mass is 35.5. The maximum atomic E-state index is 11.2. The predicted octanol–water partition coefficient (Wildman–Crippen LogP) is 1.18. The molecule has 0 aliphatic carbocycles. The lowest BCUT2D eigenvalue weighted by Gasteiger charge is -2.22. The molecule has 2 heterocycles. The van der Waals surface area contributed by atoms with E-state index in [2.05, 4.69) is 14.1 Å². The van der Waals surface area contributed by atoms with Crippen molar-refractivity contribution in [2.24, 2.45) is 0 Å². The molecule has 0 radical (unpaired) electrons. The van der Waals surface area contributed by atoms with Crippen LogP contribution in [-0.4, -0.2) is 34.7 Å². The topological polar surface area (TPSA) is 72.0 Å². The summed E-state index contributed by atoms with van der Waals surface area (Å²) in [7, 11) is -2.81. The first-order chi connectivity index (χ1) is 7.07. The number of halogens is 1. The van der Waals surface area contributed by atoms with Gasteiger partial charge in [-0.1, -0.05) is 11.6 Å². The molecule has 1 fully saturated rings. The zero-order valence-corrected chi connectivity index (χ0v) is 10.2. The van der Waals surface area contributed by atoms with Crippen molar-refractivity contribution in [2.45, 2.75) is 18.9 Å². The van der Waals surface area contributed by atoms with E-state index in [-0.39, 0.29) is 17.5 Å². The Morgan fingerprint density at radius 1 is 1.33 bits per heavy atom. The zero-order valence-electron chi connectivity index (χ0n) is 7.81. The van der Waals surface area contributed by atoms with Crippen LogP contribution >= 0.6 is 23.3 Å². The van der Waals surface area contributed by atoms with Crippen molar-refractivity contribution in [1.29, 1.82) is 0 Å². The molecule has 5 nitrogen and oxygen atoms in total. The van der Waals surface area contributed by atoms with Crippen LogP contribution < -0.4 is 5.32 Å². The summed E-state index contributed by atoms with van der Waals surface area (Å²) in [6.45, 7) is 0. The van der Waals surface area contributed by atoms with E-state index >= 15 is 0 Å². The van der Waals surface area contributed by atoms with E-state index < -0.39 is 9.84 Å². The van der Waals surface area contributed by atoms with Crippen molar-refractivity contribution in [3.05, 3.63) is 5.15 Å². The third-order valence-corrected chi connectivity index (χ3v) is 4.95. The lowest BCUT2D eigenvalue weighted by Crippen LogP contribution is -2.32. The minimum absolute atomic E-state index is 0.134. The van der Waals surface area contributed by atoms with Crippen molar-refractivity contribution in [2.75, 3.05) is 16.8 Å². The molecule has 1 N–H and O–H groups in total. The Morgan fingerprint density at radius 3 is 2.53 bits per heavy atom. The second kappa shape index (κ2) is 4.23. The molecule has 1 aliphatic rings. The number of aromatic nitrogens is 2. The van der Waals surface area contributed by atoms with Gasteiger partial charge in [-0.15, -0.1) is 0 Å². The third kappa shape index (κ3) is 2.79. The van der Waals surface area contributed by atoms with Gasteiger partial charge in [-0.2, -0.15) is 8.75 Å². The van der Waals surface area contributed by atoms with Gasteiger partial charge < -0.3 is 5.32 Å². The van der Waals surface area contributed by atoms with E-state index in [0.29, 0.717) is 23.8 Å². The summed E-state index contributed by atoms with van der Waals surface area (Å²) in [6, 6.07) is 0.134. The van der Waals surface area contributed by atoms with Gasteiger partial charge in [0.2, 0.25) is 0 Å². The largest absolute Gasteiger partial charge is 0.364 e. The number of nitrogens with one attached hydrogen (secondary N) is 1. The first-order valence-corrected chi connectivity index (χ1v) is 7.45. The van der Waals surface area contributed by atoms with Gasteiger partial charge in [-0.25, -0.2) is 8.42 Å². The van der Waals surface area contributed by atoms with E-state index in [1.165, 1.54) is 0 Å². The highest BCUT2D eigenvalue weighted by molar-refractivity contribution is 7.91. The number of hydrogen-bond acceptors (Lipinski definition) is 6. The van der Waals surface area contributed by atoms with Gasteiger partial charge in [0.1, 0.15) is 9.84 Å². The third-order valence-electron chi connectivity index (χ3n) is 2.34. The highest BCUT2D eigenvalue weighted by Gasteiger charge is 2.24. The standard InChI is InChI=1S/C7H10ClN3O2S2/c8-6-7(11-14-10-6)9-5-1-3-15(12,13)4-2-5/h5H,1-4H2,(H,9,11). The van der Waals surface area contributed by atoms with Crippen LogP contribution in [0.25, 0.3) is 0 Å². The Kier molecular flexibility index (Phi) is 3.13. The molecule has 0 saturated carbocycles. The molecule has 0 atom stereocenters. The van der Waals surface area contributed by atoms with E-state index in [4.69, 9.17) is 11.6 Å². The van der Waals surface area contributed by atoms with Crippen molar-refractivity contribution in [1.82, 2.24) is 8.75 Å². The van der Waals surface area contributed by atoms with Gasteiger partial charge in [0, 0.05) is 6.04 Å². The number of hydrogen-bond donors (Lipinski definition) is 1. The molecule has 84 valence electrons. The molecule has 0 unspecified atom stereocenters. The molecule has 1 aromatic rings. The Balaban J connectivity index is 1.96. The Hall–Kier alpha value is -0.400. The average Bonchev–Trinajstić information content (AvgIpc) is 2.56. The van der Waals surface area contributed by atoms with Crippen LogP contribution in [0.15, 0.2) is 0 Å². The van der Waals surface area contributed by atoms with E-state index in [1.54, 1.807) is 0 Å². The fourth-order valence-electron chi connectivity index (χ4n) is 1.49. The molecule has 0 aromatic carbocycles. The van der Waals surface area contributed by atoms with Crippen LogP contribution in [0.3, 0.4) is 0 Å². The highest BCUT2D eigenvalue weighted by Crippen LogP contribution is 2.22. The van der Waals surface area contributed by atoms with E-state index in [1.807, 2.05) is 0 Å². The van der Waals surface area contributed by atoms with Crippen LogP contribution in [0.1, 0.15) is 12.8 Å². The first-order valence-electron chi connectivity index (χ1n) is 4.52. The van der Waals surface area contributed by atoms with Crippen molar-refractivity contribution in [3.63, 3.8) is 0 Å². The second-order valence-electron chi connectivity index (χ2n) is 3.47. The molecule has 1 saturated heterocycles. The van der Waals surface area contributed by atoms with Crippen LogP contribution in [0.4, 0.5) is 5.82 Å². The van der Waals surface area contributed by atoms with Crippen molar-refractivity contribution >= 4 is 39.0 Å². The monoisotopic (exact) mass is 267 g/mol. The smallest absolute Gasteiger partial charge is 0.186 e. The van der Waals surface area contributed by atoms with Crippen LogP contribution in [0.5, 0.6) is 0 Å². The molecule has 8 heteroatoms. The molecule has 2 rings (SSSR count). The normalized spacial score (nSPS) is 21.4. The van der Waals surface area contributed by atoms with Crippen LogP contribution in [0.2, 0.25) is 5.15 Å². The van der Waals surface area contributed by atoms with Crippen LogP contribution in [0, 0.1) is 0 Å². The van der Waals surface area contributed by atoms with Gasteiger partial charge in [-0.3, -0.25) is 0 Å². The molecule has 15 heavy (non-hydrogen) atoms. The molecule has 0 spiro atoms. The molecule has 1 aliphatic heterocycles. The van der Waals surface area contributed by atoms with Gasteiger partial charge in [-0.05, 0) is 12.8 Å².